The van der Waals surface area contributed by atoms with Crippen LogP contribution in [0.3, 0.4) is 0 Å². The minimum Gasteiger partial charge on any atom is -0.384 e. The number of hydrogen-bond acceptors (Lipinski definition) is 5. The minimum atomic E-state index is -3.45. The van der Waals surface area contributed by atoms with E-state index >= 15 is 0 Å². The van der Waals surface area contributed by atoms with Gasteiger partial charge >= 0.3 is 0 Å². The number of methoxy groups -OCH3 is 1. The molecular weight excluding hydrogens is 338 g/mol. The van der Waals surface area contributed by atoms with Gasteiger partial charge in [-0.15, -0.1) is 0 Å². The van der Waals surface area contributed by atoms with Gasteiger partial charge in [0.15, 0.2) is 0 Å². The van der Waals surface area contributed by atoms with Crippen molar-refractivity contribution in [2.75, 3.05) is 33.4 Å². The van der Waals surface area contributed by atoms with E-state index in [9.17, 15) is 8.42 Å². The van der Waals surface area contributed by atoms with Crippen molar-refractivity contribution in [3.63, 3.8) is 0 Å². The third kappa shape index (κ3) is 4.55. The fourth-order valence-corrected chi connectivity index (χ4v) is 4.71. The van der Waals surface area contributed by atoms with E-state index in [2.05, 4.69) is 15.0 Å². The fraction of sp³-hybridized carbons (Fsp3) is 0.500. The van der Waals surface area contributed by atoms with Crippen LogP contribution in [0.2, 0.25) is 0 Å². The SMILES string of the molecule is COCC1(CNS(=O)(=O)Cc2cccc3cccnc23)CCNCC1. The van der Waals surface area contributed by atoms with Gasteiger partial charge in [-0.1, -0.05) is 24.3 Å². The molecule has 2 aromatic rings. The minimum absolute atomic E-state index is 0.0668. The van der Waals surface area contributed by atoms with E-state index in [0.717, 1.165) is 42.4 Å². The number of aromatic nitrogens is 1. The topological polar surface area (TPSA) is 80.3 Å². The highest BCUT2D eigenvalue weighted by molar-refractivity contribution is 7.88. The Morgan fingerprint density at radius 1 is 1.24 bits per heavy atom. The molecule has 0 atom stereocenters. The zero-order chi connectivity index (χ0) is 17.8. The van der Waals surface area contributed by atoms with Crippen molar-refractivity contribution in [1.29, 1.82) is 0 Å². The summed E-state index contributed by atoms with van der Waals surface area (Å²) in [5, 5.41) is 4.26. The van der Waals surface area contributed by atoms with Gasteiger partial charge in [0.1, 0.15) is 0 Å². The molecule has 1 aromatic heterocycles. The number of para-hydroxylation sites is 1. The van der Waals surface area contributed by atoms with Crippen molar-refractivity contribution < 1.29 is 13.2 Å². The molecule has 0 radical (unpaired) electrons. The number of fused-ring (bicyclic) bond motifs is 1. The number of pyridine rings is 1. The molecule has 0 bridgehead atoms. The van der Waals surface area contributed by atoms with Crippen LogP contribution in [0.15, 0.2) is 36.5 Å². The summed E-state index contributed by atoms with van der Waals surface area (Å²) in [6, 6.07) is 9.42. The zero-order valence-electron chi connectivity index (χ0n) is 14.5. The molecule has 0 amide bonds. The first kappa shape index (κ1) is 18.3. The Bertz CT molecular complexity index is 806. The molecule has 1 aromatic carbocycles. The van der Waals surface area contributed by atoms with Crippen LogP contribution < -0.4 is 10.0 Å². The first-order chi connectivity index (χ1) is 12.0. The lowest BCUT2D eigenvalue weighted by Crippen LogP contribution is -2.47. The number of hydrogen-bond donors (Lipinski definition) is 2. The number of sulfonamides is 1. The Labute approximate surface area is 149 Å². The Kier molecular flexibility index (Phi) is 5.68. The molecule has 0 aliphatic carbocycles. The first-order valence-electron chi connectivity index (χ1n) is 8.53. The van der Waals surface area contributed by atoms with Crippen LogP contribution in [0.4, 0.5) is 0 Å². The Hall–Kier alpha value is -1.54. The maximum Gasteiger partial charge on any atom is 0.215 e. The largest absolute Gasteiger partial charge is 0.384 e. The van der Waals surface area contributed by atoms with Crippen molar-refractivity contribution in [3.8, 4) is 0 Å². The molecule has 0 unspecified atom stereocenters. The molecule has 7 heteroatoms. The van der Waals surface area contributed by atoms with Gasteiger partial charge in [0.05, 0.1) is 17.9 Å². The van der Waals surface area contributed by atoms with Gasteiger partial charge in [0.2, 0.25) is 10.0 Å². The summed E-state index contributed by atoms with van der Waals surface area (Å²) in [5.74, 6) is -0.0668. The average Bonchev–Trinajstić information content (AvgIpc) is 2.62. The smallest absolute Gasteiger partial charge is 0.215 e. The summed E-state index contributed by atoms with van der Waals surface area (Å²) < 4.78 is 33.4. The molecule has 1 saturated heterocycles. The summed E-state index contributed by atoms with van der Waals surface area (Å²) >= 11 is 0. The molecule has 0 spiro atoms. The van der Waals surface area contributed by atoms with Crippen molar-refractivity contribution in [2.45, 2.75) is 18.6 Å². The molecule has 1 aliphatic rings. The zero-order valence-corrected chi connectivity index (χ0v) is 15.3. The van der Waals surface area contributed by atoms with Crippen LogP contribution in [0, 0.1) is 5.41 Å². The average molecular weight is 363 g/mol. The summed E-state index contributed by atoms with van der Waals surface area (Å²) in [6.45, 7) is 2.74. The maximum atomic E-state index is 12.6. The van der Waals surface area contributed by atoms with E-state index in [-0.39, 0.29) is 11.2 Å². The van der Waals surface area contributed by atoms with Gasteiger partial charge in [-0.2, -0.15) is 0 Å². The molecule has 25 heavy (non-hydrogen) atoms. The maximum absolute atomic E-state index is 12.6. The van der Waals surface area contributed by atoms with E-state index in [1.54, 1.807) is 13.3 Å². The number of piperidine rings is 1. The Balaban J connectivity index is 1.73. The second-order valence-corrected chi connectivity index (χ2v) is 8.56. The van der Waals surface area contributed by atoms with Gasteiger partial charge in [0, 0.05) is 30.7 Å². The quantitative estimate of drug-likeness (QED) is 0.782. The number of nitrogens with one attached hydrogen (secondary N) is 2. The van der Waals surface area contributed by atoms with E-state index in [1.165, 1.54) is 0 Å². The van der Waals surface area contributed by atoms with Crippen molar-refractivity contribution in [2.24, 2.45) is 5.41 Å². The third-order valence-corrected chi connectivity index (χ3v) is 6.12. The van der Waals surface area contributed by atoms with Gasteiger partial charge < -0.3 is 10.1 Å². The molecule has 136 valence electrons. The van der Waals surface area contributed by atoms with Crippen LogP contribution in [-0.4, -0.2) is 46.8 Å². The van der Waals surface area contributed by atoms with E-state index < -0.39 is 10.0 Å². The highest BCUT2D eigenvalue weighted by atomic mass is 32.2. The highest BCUT2D eigenvalue weighted by Crippen LogP contribution is 2.28. The predicted octanol–water partition coefficient (Wildman–Crippen LogP) is 1.67. The molecule has 1 aliphatic heterocycles. The van der Waals surface area contributed by atoms with E-state index in [0.29, 0.717) is 13.2 Å². The number of ether oxygens (including phenoxy) is 1. The van der Waals surface area contributed by atoms with Crippen molar-refractivity contribution >= 4 is 20.9 Å². The van der Waals surface area contributed by atoms with Crippen LogP contribution in [0.5, 0.6) is 0 Å². The lowest BCUT2D eigenvalue weighted by molar-refractivity contribution is 0.0577. The summed E-state index contributed by atoms with van der Waals surface area (Å²) in [6.07, 6.45) is 3.49. The first-order valence-corrected chi connectivity index (χ1v) is 10.2. The second-order valence-electron chi connectivity index (χ2n) is 6.76. The predicted molar refractivity (Wildman–Crippen MR) is 98.8 cm³/mol. The molecule has 3 rings (SSSR count). The van der Waals surface area contributed by atoms with E-state index in [4.69, 9.17) is 4.74 Å². The van der Waals surface area contributed by atoms with Gasteiger partial charge in [0.25, 0.3) is 0 Å². The normalized spacial score (nSPS) is 17.6. The molecular formula is C18H25N3O3S. The fourth-order valence-electron chi connectivity index (χ4n) is 3.44. The monoisotopic (exact) mass is 363 g/mol. The highest BCUT2D eigenvalue weighted by Gasteiger charge is 2.33. The molecule has 2 N–H and O–H groups in total. The second kappa shape index (κ2) is 7.78. The lowest BCUT2D eigenvalue weighted by Gasteiger charge is -2.37. The van der Waals surface area contributed by atoms with Crippen LogP contribution >= 0.6 is 0 Å². The van der Waals surface area contributed by atoms with Gasteiger partial charge in [-0.3, -0.25) is 4.98 Å². The molecule has 1 fully saturated rings. The Morgan fingerprint density at radius 2 is 2.00 bits per heavy atom. The molecule has 6 nitrogen and oxygen atoms in total. The van der Waals surface area contributed by atoms with E-state index in [1.807, 2.05) is 30.3 Å². The standard InChI is InChI=1S/C18H25N3O3S/c1-24-14-18(7-10-19-11-8-18)13-21-25(22,23)12-16-5-2-4-15-6-3-9-20-17(15)16/h2-6,9,19,21H,7-8,10-14H2,1H3. The van der Waals surface area contributed by atoms with Crippen molar-refractivity contribution in [3.05, 3.63) is 42.1 Å². The van der Waals surface area contributed by atoms with Crippen LogP contribution in [-0.2, 0) is 20.5 Å². The lowest BCUT2D eigenvalue weighted by atomic mass is 9.80. The third-order valence-electron chi connectivity index (χ3n) is 4.84. The molecule has 2 heterocycles. The summed E-state index contributed by atoms with van der Waals surface area (Å²) in [7, 11) is -1.78. The molecule has 0 saturated carbocycles. The number of rotatable bonds is 7. The number of benzene rings is 1. The Morgan fingerprint density at radius 3 is 2.76 bits per heavy atom. The van der Waals surface area contributed by atoms with Gasteiger partial charge in [-0.05, 0) is 37.6 Å². The van der Waals surface area contributed by atoms with Crippen molar-refractivity contribution in [1.82, 2.24) is 15.0 Å². The van der Waals surface area contributed by atoms with Crippen LogP contribution in [0.1, 0.15) is 18.4 Å². The van der Waals surface area contributed by atoms with Gasteiger partial charge in [-0.25, -0.2) is 13.1 Å². The summed E-state index contributed by atoms with van der Waals surface area (Å²) in [4.78, 5) is 4.34. The summed E-state index contributed by atoms with van der Waals surface area (Å²) in [5.41, 5.74) is 1.32. The number of nitrogens with zero attached hydrogens (tertiary/aromatic N) is 1. The van der Waals surface area contributed by atoms with Crippen LogP contribution in [0.25, 0.3) is 10.9 Å².